The van der Waals surface area contributed by atoms with Gasteiger partial charge in [-0.05, 0) is 57.9 Å². The number of carbonyl (C=O) groups is 2. The van der Waals surface area contributed by atoms with Gasteiger partial charge in [-0.1, -0.05) is 20.8 Å². The van der Waals surface area contributed by atoms with Crippen molar-refractivity contribution in [3.05, 3.63) is 23.5 Å². The highest BCUT2D eigenvalue weighted by Crippen LogP contribution is 2.40. The predicted octanol–water partition coefficient (Wildman–Crippen LogP) is 4.09. The van der Waals surface area contributed by atoms with E-state index in [0.29, 0.717) is 43.6 Å². The summed E-state index contributed by atoms with van der Waals surface area (Å²) in [5.41, 5.74) is 0.734. The molecule has 5 rings (SSSR count). The number of aromatic nitrogens is 1. The molecule has 0 unspecified atom stereocenters. The van der Waals surface area contributed by atoms with Gasteiger partial charge in [0.1, 0.15) is 11.3 Å². The van der Waals surface area contributed by atoms with E-state index >= 15 is 0 Å². The molecule has 3 fully saturated rings. The molecule has 2 aromatic rings. The first-order chi connectivity index (χ1) is 18.2. The van der Waals surface area contributed by atoms with Gasteiger partial charge in [0, 0.05) is 56.2 Å². The number of fused-ring (bicyclic) bond motifs is 1. The van der Waals surface area contributed by atoms with E-state index in [2.05, 4.69) is 37.8 Å². The van der Waals surface area contributed by atoms with Gasteiger partial charge < -0.3 is 24.2 Å². The van der Waals surface area contributed by atoms with Gasteiger partial charge in [0.15, 0.2) is 11.3 Å². The molecule has 39 heavy (non-hydrogen) atoms. The Morgan fingerprint density at radius 2 is 1.77 bits per heavy atom. The van der Waals surface area contributed by atoms with Gasteiger partial charge in [0.2, 0.25) is 5.91 Å². The molecule has 9 heteroatoms. The lowest BCUT2D eigenvalue weighted by Crippen LogP contribution is -2.63. The first-order valence-corrected chi connectivity index (χ1v) is 14.1. The number of aliphatic hydroxyl groups is 1. The molecule has 9 nitrogen and oxygen atoms in total. The molecule has 0 atom stereocenters. The fourth-order valence-corrected chi connectivity index (χ4v) is 6.36. The summed E-state index contributed by atoms with van der Waals surface area (Å²) in [6.45, 7) is 15.0. The van der Waals surface area contributed by atoms with Gasteiger partial charge in [0.25, 0.3) is 5.91 Å². The number of nitrogens with zero attached hydrogens (tertiary/aromatic N) is 5. The molecule has 4 heterocycles. The zero-order valence-corrected chi connectivity index (χ0v) is 24.1. The standard InChI is InChI=1S/C30H41N5O4/c1-28(2,3)21-13-24(33-9-7-19(17-31)8-10-33)32-22-14-23(39-25(21)22)27(37)35-12-11-34(18-29(35,4)5)26(36)20-15-30(6,38)16-20/h13-14,19-20,38H,7-12,15-16,18H2,1-6H3. The molecule has 3 aliphatic rings. The van der Waals surface area contributed by atoms with Crippen LogP contribution in [0, 0.1) is 23.2 Å². The second-order valence-corrected chi connectivity index (χ2v) is 13.6. The smallest absolute Gasteiger partial charge is 0.290 e. The molecule has 2 saturated heterocycles. The number of pyridine rings is 1. The highest BCUT2D eigenvalue weighted by Gasteiger charge is 2.47. The van der Waals surface area contributed by atoms with Crippen molar-refractivity contribution in [1.29, 1.82) is 5.26 Å². The van der Waals surface area contributed by atoms with E-state index in [-0.39, 0.29) is 34.8 Å². The molecule has 0 aromatic carbocycles. The van der Waals surface area contributed by atoms with Gasteiger partial charge >= 0.3 is 0 Å². The Morgan fingerprint density at radius 3 is 2.33 bits per heavy atom. The lowest BCUT2D eigenvalue weighted by Gasteiger charge is -2.49. The average molecular weight is 536 g/mol. The number of rotatable bonds is 3. The number of piperidine rings is 1. The molecule has 0 bridgehead atoms. The van der Waals surface area contributed by atoms with Crippen molar-refractivity contribution in [2.75, 3.05) is 37.6 Å². The topological polar surface area (TPSA) is 114 Å². The molecule has 1 saturated carbocycles. The van der Waals surface area contributed by atoms with Gasteiger partial charge in [-0.15, -0.1) is 0 Å². The lowest BCUT2D eigenvalue weighted by atomic mass is 9.71. The number of amides is 2. The summed E-state index contributed by atoms with van der Waals surface area (Å²) in [5.74, 6) is 0.920. The molecule has 2 aliphatic heterocycles. The third-order valence-corrected chi connectivity index (χ3v) is 8.67. The number of anilines is 1. The van der Waals surface area contributed by atoms with Crippen molar-refractivity contribution in [1.82, 2.24) is 14.8 Å². The van der Waals surface area contributed by atoms with E-state index in [1.165, 1.54) is 0 Å². The van der Waals surface area contributed by atoms with Gasteiger partial charge in [-0.3, -0.25) is 9.59 Å². The monoisotopic (exact) mass is 535 g/mol. The fraction of sp³-hybridized carbons (Fsp3) is 0.667. The van der Waals surface area contributed by atoms with Gasteiger partial charge in [0.05, 0.1) is 17.2 Å². The van der Waals surface area contributed by atoms with E-state index in [1.54, 1.807) is 17.9 Å². The van der Waals surface area contributed by atoms with E-state index in [1.807, 2.05) is 18.7 Å². The van der Waals surface area contributed by atoms with Crippen molar-refractivity contribution in [3.63, 3.8) is 0 Å². The molecule has 2 amide bonds. The summed E-state index contributed by atoms with van der Waals surface area (Å²) >= 11 is 0. The van der Waals surface area contributed by atoms with Crippen molar-refractivity contribution >= 4 is 28.7 Å². The SMILES string of the molecule is CC1(O)CC(C(=O)N2CCN(C(=O)c3cc4nc(N5CCC(C#N)CC5)cc(C(C)(C)C)c4o3)C(C)(C)C2)C1. The first kappa shape index (κ1) is 27.4. The third kappa shape index (κ3) is 5.23. The maximum atomic E-state index is 13.8. The highest BCUT2D eigenvalue weighted by atomic mass is 16.3. The first-order valence-electron chi connectivity index (χ1n) is 14.1. The largest absolute Gasteiger partial charge is 0.449 e. The number of hydrogen-bond acceptors (Lipinski definition) is 7. The van der Waals surface area contributed by atoms with Crippen LogP contribution in [0.2, 0.25) is 0 Å². The summed E-state index contributed by atoms with van der Waals surface area (Å²) in [4.78, 5) is 37.6. The maximum absolute atomic E-state index is 13.8. The third-order valence-electron chi connectivity index (χ3n) is 8.67. The minimum Gasteiger partial charge on any atom is -0.449 e. The zero-order valence-electron chi connectivity index (χ0n) is 24.1. The Labute approximate surface area is 230 Å². The molecule has 0 radical (unpaired) electrons. The quantitative estimate of drug-likeness (QED) is 0.630. The van der Waals surface area contributed by atoms with E-state index in [9.17, 15) is 20.0 Å². The number of piperazine rings is 1. The molecular weight excluding hydrogens is 494 g/mol. The van der Waals surface area contributed by atoms with Crippen LogP contribution in [0.15, 0.2) is 16.5 Å². The molecule has 1 N–H and O–H groups in total. The Balaban J connectivity index is 1.38. The Hall–Kier alpha value is -3.12. The molecule has 210 valence electrons. The normalized spacial score (nSPS) is 25.9. The lowest BCUT2D eigenvalue weighted by molar-refractivity contribution is -0.153. The van der Waals surface area contributed by atoms with Crippen LogP contribution in [0.3, 0.4) is 0 Å². The van der Waals surface area contributed by atoms with Crippen LogP contribution in [0.5, 0.6) is 0 Å². The minimum absolute atomic E-state index is 0.0655. The second kappa shape index (κ2) is 9.51. The summed E-state index contributed by atoms with van der Waals surface area (Å²) in [6.07, 6.45) is 2.62. The summed E-state index contributed by atoms with van der Waals surface area (Å²) in [6, 6.07) is 6.20. The van der Waals surface area contributed by atoms with Crippen LogP contribution in [0.1, 0.15) is 83.3 Å². The van der Waals surface area contributed by atoms with Crippen molar-refractivity contribution < 1.29 is 19.1 Å². The van der Waals surface area contributed by atoms with Crippen LogP contribution >= 0.6 is 0 Å². The maximum Gasteiger partial charge on any atom is 0.290 e. The van der Waals surface area contributed by atoms with Gasteiger partial charge in [-0.25, -0.2) is 4.98 Å². The van der Waals surface area contributed by atoms with Crippen LogP contribution < -0.4 is 4.90 Å². The Kier molecular flexibility index (Phi) is 6.69. The van der Waals surface area contributed by atoms with Crippen molar-refractivity contribution in [2.45, 2.75) is 83.8 Å². The van der Waals surface area contributed by atoms with Crippen molar-refractivity contribution in [2.24, 2.45) is 11.8 Å². The average Bonchev–Trinajstić information content (AvgIpc) is 3.29. The number of nitriles is 1. The highest BCUT2D eigenvalue weighted by molar-refractivity contribution is 5.97. The van der Waals surface area contributed by atoms with E-state index < -0.39 is 11.1 Å². The van der Waals surface area contributed by atoms with Crippen molar-refractivity contribution in [3.8, 4) is 6.07 Å². The van der Waals surface area contributed by atoms with Crippen LogP contribution in [-0.4, -0.2) is 75.6 Å². The molecule has 1 aliphatic carbocycles. The predicted molar refractivity (Wildman–Crippen MR) is 148 cm³/mol. The summed E-state index contributed by atoms with van der Waals surface area (Å²) in [7, 11) is 0. The molecule has 2 aromatic heterocycles. The summed E-state index contributed by atoms with van der Waals surface area (Å²) < 4.78 is 6.25. The van der Waals surface area contributed by atoms with Crippen LogP contribution in [-0.2, 0) is 10.2 Å². The molecule has 0 spiro atoms. The van der Waals surface area contributed by atoms with E-state index in [0.717, 1.165) is 37.3 Å². The Bertz CT molecular complexity index is 1320. The second-order valence-electron chi connectivity index (χ2n) is 13.6. The van der Waals surface area contributed by atoms with Gasteiger partial charge in [-0.2, -0.15) is 5.26 Å². The van der Waals surface area contributed by atoms with Crippen LogP contribution in [0.25, 0.3) is 11.1 Å². The van der Waals surface area contributed by atoms with Crippen LogP contribution in [0.4, 0.5) is 5.82 Å². The Morgan fingerprint density at radius 1 is 1.10 bits per heavy atom. The fourth-order valence-electron chi connectivity index (χ4n) is 6.36. The summed E-state index contributed by atoms with van der Waals surface area (Å²) in [5, 5.41) is 19.3. The number of hydrogen-bond donors (Lipinski definition) is 1. The number of furan rings is 1. The van der Waals surface area contributed by atoms with E-state index in [4.69, 9.17) is 9.40 Å². The zero-order chi connectivity index (χ0) is 28.3. The number of carbonyl (C=O) groups excluding carboxylic acids is 2. The molecular formula is C30H41N5O4. The minimum atomic E-state index is -0.748.